The van der Waals surface area contributed by atoms with E-state index in [2.05, 4.69) is 19.1 Å². The zero-order valence-corrected chi connectivity index (χ0v) is 11.3. The topological polar surface area (TPSA) is 0 Å². The van der Waals surface area contributed by atoms with E-state index in [9.17, 15) is 13.2 Å². The summed E-state index contributed by atoms with van der Waals surface area (Å²) in [4.78, 5) is 0. The lowest BCUT2D eigenvalue weighted by atomic mass is 9.94. The van der Waals surface area contributed by atoms with Crippen molar-refractivity contribution in [2.24, 2.45) is 0 Å². The molecule has 0 radical (unpaired) electrons. The molecule has 1 atom stereocenters. The van der Waals surface area contributed by atoms with Gasteiger partial charge in [0.25, 0.3) is 0 Å². The Balaban J connectivity index is 2.01. The van der Waals surface area contributed by atoms with Gasteiger partial charge in [0.1, 0.15) is 0 Å². The summed E-state index contributed by atoms with van der Waals surface area (Å²) in [5.41, 5.74) is 1.39. The van der Waals surface area contributed by atoms with Gasteiger partial charge in [-0.25, -0.2) is 0 Å². The first-order valence-corrected chi connectivity index (χ1v) is 6.68. The van der Waals surface area contributed by atoms with Crippen LogP contribution in [0.3, 0.4) is 0 Å². The van der Waals surface area contributed by atoms with Crippen molar-refractivity contribution in [2.45, 2.75) is 31.9 Å². The summed E-state index contributed by atoms with van der Waals surface area (Å²) in [5.74, 6) is 0.339. The first-order chi connectivity index (χ1) is 9.47. The largest absolute Gasteiger partial charge is 0.416 e. The third-order valence-corrected chi connectivity index (χ3v) is 3.49. The van der Waals surface area contributed by atoms with Gasteiger partial charge >= 0.3 is 6.18 Å². The van der Waals surface area contributed by atoms with Crippen molar-refractivity contribution in [1.82, 2.24) is 0 Å². The predicted molar refractivity (Wildman–Crippen MR) is 74.6 cm³/mol. The van der Waals surface area contributed by atoms with Crippen molar-refractivity contribution < 1.29 is 13.2 Å². The molecule has 0 aliphatic carbocycles. The maximum Gasteiger partial charge on any atom is 0.416 e. The van der Waals surface area contributed by atoms with E-state index in [4.69, 9.17) is 0 Å². The Kier molecular flexibility index (Phi) is 4.48. The lowest BCUT2D eigenvalue weighted by molar-refractivity contribution is -0.137. The van der Waals surface area contributed by atoms with E-state index in [0.717, 1.165) is 18.1 Å². The number of hydrogen-bond donors (Lipinski definition) is 0. The number of benzene rings is 2. The SMILES string of the molecule is CC(CCc1cccc(C(F)(F)F)c1)c1ccccc1. The molecule has 2 aromatic carbocycles. The predicted octanol–water partition coefficient (Wildman–Crippen LogP) is 5.44. The first-order valence-electron chi connectivity index (χ1n) is 6.68. The molecule has 0 amide bonds. The smallest absolute Gasteiger partial charge is 0.166 e. The van der Waals surface area contributed by atoms with Crippen molar-refractivity contribution in [3.63, 3.8) is 0 Å². The molecule has 0 saturated heterocycles. The average Bonchev–Trinajstić information content (AvgIpc) is 2.45. The van der Waals surface area contributed by atoms with Crippen LogP contribution in [-0.4, -0.2) is 0 Å². The second-order valence-corrected chi connectivity index (χ2v) is 5.05. The summed E-state index contributed by atoms with van der Waals surface area (Å²) >= 11 is 0. The zero-order valence-electron chi connectivity index (χ0n) is 11.3. The minimum atomic E-state index is -4.26. The highest BCUT2D eigenvalue weighted by atomic mass is 19.4. The Morgan fingerprint density at radius 3 is 2.30 bits per heavy atom. The zero-order chi connectivity index (χ0) is 14.6. The van der Waals surface area contributed by atoms with Crippen LogP contribution in [0.2, 0.25) is 0 Å². The molecule has 3 heteroatoms. The van der Waals surface area contributed by atoms with E-state index in [1.165, 1.54) is 17.7 Å². The number of alkyl halides is 3. The Labute approximate surface area is 117 Å². The van der Waals surface area contributed by atoms with Crippen molar-refractivity contribution in [1.29, 1.82) is 0 Å². The number of rotatable bonds is 4. The fourth-order valence-corrected chi connectivity index (χ4v) is 2.23. The van der Waals surface area contributed by atoms with Crippen LogP contribution < -0.4 is 0 Å². The van der Waals surface area contributed by atoms with Gasteiger partial charge in [0, 0.05) is 0 Å². The van der Waals surface area contributed by atoms with Gasteiger partial charge in [0.2, 0.25) is 0 Å². The molecule has 0 bridgehead atoms. The maximum atomic E-state index is 12.6. The Morgan fingerprint density at radius 1 is 0.950 bits per heavy atom. The summed E-state index contributed by atoms with van der Waals surface area (Å²) in [6.07, 6.45) is -2.77. The third-order valence-electron chi connectivity index (χ3n) is 3.49. The lowest BCUT2D eigenvalue weighted by Gasteiger charge is -2.13. The van der Waals surface area contributed by atoms with E-state index in [1.807, 2.05) is 18.2 Å². The molecule has 0 aromatic heterocycles. The number of aryl methyl sites for hydroxylation is 1. The van der Waals surface area contributed by atoms with Crippen LogP contribution in [0.15, 0.2) is 54.6 Å². The highest BCUT2D eigenvalue weighted by Gasteiger charge is 2.30. The van der Waals surface area contributed by atoms with Crippen LogP contribution in [0.1, 0.15) is 36.0 Å². The van der Waals surface area contributed by atoms with Crippen LogP contribution in [0.25, 0.3) is 0 Å². The molecule has 2 aromatic rings. The summed E-state index contributed by atoms with van der Waals surface area (Å²) < 4.78 is 37.9. The van der Waals surface area contributed by atoms with E-state index < -0.39 is 11.7 Å². The van der Waals surface area contributed by atoms with Crippen LogP contribution in [0.4, 0.5) is 13.2 Å². The summed E-state index contributed by atoms with van der Waals surface area (Å²) in [6, 6.07) is 15.6. The van der Waals surface area contributed by atoms with Gasteiger partial charge < -0.3 is 0 Å². The molecule has 0 fully saturated rings. The highest BCUT2D eigenvalue weighted by Crippen LogP contribution is 2.30. The standard InChI is InChI=1S/C17H17F3/c1-13(15-7-3-2-4-8-15)10-11-14-6-5-9-16(12-14)17(18,19)20/h2-9,12-13H,10-11H2,1H3. The van der Waals surface area contributed by atoms with Crippen molar-refractivity contribution in [3.05, 3.63) is 71.3 Å². The summed E-state index contributed by atoms with van der Waals surface area (Å²) in [5, 5.41) is 0. The van der Waals surface area contributed by atoms with E-state index >= 15 is 0 Å². The quantitative estimate of drug-likeness (QED) is 0.698. The summed E-state index contributed by atoms with van der Waals surface area (Å²) in [7, 11) is 0. The monoisotopic (exact) mass is 278 g/mol. The van der Waals surface area contributed by atoms with Gasteiger partial charge in [-0.1, -0.05) is 55.5 Å². The fraction of sp³-hybridized carbons (Fsp3) is 0.294. The van der Waals surface area contributed by atoms with E-state index in [-0.39, 0.29) is 0 Å². The van der Waals surface area contributed by atoms with Crippen LogP contribution in [-0.2, 0) is 12.6 Å². The normalized spacial score (nSPS) is 13.2. The Hall–Kier alpha value is -1.77. The van der Waals surface area contributed by atoms with Crippen LogP contribution in [0.5, 0.6) is 0 Å². The second-order valence-electron chi connectivity index (χ2n) is 5.05. The minimum absolute atomic E-state index is 0.339. The molecular weight excluding hydrogens is 261 g/mol. The molecule has 0 nitrogen and oxygen atoms in total. The number of hydrogen-bond acceptors (Lipinski definition) is 0. The Morgan fingerprint density at radius 2 is 1.65 bits per heavy atom. The average molecular weight is 278 g/mol. The molecule has 0 saturated carbocycles. The second kappa shape index (κ2) is 6.12. The Bertz CT molecular complexity index is 544. The molecule has 2 rings (SSSR count). The van der Waals surface area contributed by atoms with Gasteiger partial charge in [-0.15, -0.1) is 0 Å². The molecule has 0 spiro atoms. The van der Waals surface area contributed by atoms with Gasteiger partial charge in [0.15, 0.2) is 0 Å². The molecule has 0 aliphatic heterocycles. The molecular formula is C17H17F3. The van der Waals surface area contributed by atoms with E-state index in [1.54, 1.807) is 6.07 Å². The molecule has 0 N–H and O–H groups in total. The lowest BCUT2D eigenvalue weighted by Crippen LogP contribution is -2.05. The van der Waals surface area contributed by atoms with Crippen LogP contribution in [0, 0.1) is 0 Å². The van der Waals surface area contributed by atoms with Gasteiger partial charge in [-0.3, -0.25) is 0 Å². The third kappa shape index (κ3) is 3.86. The maximum absolute atomic E-state index is 12.6. The van der Waals surface area contributed by atoms with Gasteiger partial charge in [0.05, 0.1) is 5.56 Å². The van der Waals surface area contributed by atoms with Crippen molar-refractivity contribution >= 4 is 0 Å². The summed E-state index contributed by atoms with van der Waals surface area (Å²) in [6.45, 7) is 2.10. The number of halogens is 3. The molecule has 0 heterocycles. The van der Waals surface area contributed by atoms with Crippen molar-refractivity contribution in [3.8, 4) is 0 Å². The molecule has 20 heavy (non-hydrogen) atoms. The minimum Gasteiger partial charge on any atom is -0.166 e. The first kappa shape index (κ1) is 14.6. The fourth-order valence-electron chi connectivity index (χ4n) is 2.23. The van der Waals surface area contributed by atoms with Gasteiger partial charge in [-0.2, -0.15) is 13.2 Å². The van der Waals surface area contributed by atoms with Crippen molar-refractivity contribution in [2.75, 3.05) is 0 Å². The van der Waals surface area contributed by atoms with E-state index in [0.29, 0.717) is 12.3 Å². The molecule has 1 unspecified atom stereocenters. The molecule has 0 aliphatic rings. The van der Waals surface area contributed by atoms with Gasteiger partial charge in [-0.05, 0) is 36.0 Å². The molecule has 106 valence electrons. The highest BCUT2D eigenvalue weighted by molar-refractivity contribution is 5.26. The van der Waals surface area contributed by atoms with Crippen LogP contribution >= 0.6 is 0 Å².